The maximum Gasteiger partial charge on any atom is 0.120 e. The van der Waals surface area contributed by atoms with Crippen LogP contribution in [-0.4, -0.2) is 13.2 Å². The largest absolute Gasteiger partial charge is 0.497 e. The summed E-state index contributed by atoms with van der Waals surface area (Å²) < 4.78 is 11.0. The zero-order valence-electron chi connectivity index (χ0n) is 9.03. The maximum absolute atomic E-state index is 5.88. The van der Waals surface area contributed by atoms with Gasteiger partial charge in [0, 0.05) is 0 Å². The van der Waals surface area contributed by atoms with Crippen molar-refractivity contribution in [2.75, 3.05) is 7.11 Å². The van der Waals surface area contributed by atoms with Crippen LogP contribution in [0.2, 0.25) is 0 Å². The Morgan fingerprint density at radius 2 is 2.07 bits per heavy atom. The first-order chi connectivity index (χ1) is 7.35. The van der Waals surface area contributed by atoms with E-state index in [1.165, 1.54) is 31.2 Å². The van der Waals surface area contributed by atoms with Crippen molar-refractivity contribution in [1.82, 2.24) is 0 Å². The molecule has 1 aliphatic carbocycles. The molecule has 2 aliphatic rings. The number of methoxy groups -OCH3 is 1. The molecular formula is C13H16O2. The summed E-state index contributed by atoms with van der Waals surface area (Å²) in [6.07, 6.45) is 5.51. The molecular weight excluding hydrogens is 188 g/mol. The number of ether oxygens (including phenoxy) is 2. The number of epoxide rings is 1. The summed E-state index contributed by atoms with van der Waals surface area (Å²) in [6, 6.07) is 8.34. The molecule has 2 fully saturated rings. The Bertz CT molecular complexity index is 357. The van der Waals surface area contributed by atoms with Gasteiger partial charge in [-0.3, -0.25) is 0 Å². The SMILES string of the molecule is COc1ccc([C@@]23CCCC[C@@H]2O3)cc1. The van der Waals surface area contributed by atoms with Crippen LogP contribution in [0.15, 0.2) is 24.3 Å². The predicted octanol–water partition coefficient (Wildman–Crippen LogP) is 2.86. The lowest BCUT2D eigenvalue weighted by Gasteiger charge is -2.17. The Kier molecular flexibility index (Phi) is 1.99. The van der Waals surface area contributed by atoms with Crippen molar-refractivity contribution in [2.45, 2.75) is 37.4 Å². The third kappa shape index (κ3) is 1.36. The van der Waals surface area contributed by atoms with Gasteiger partial charge >= 0.3 is 0 Å². The van der Waals surface area contributed by atoms with Gasteiger partial charge in [-0.1, -0.05) is 25.0 Å². The van der Waals surface area contributed by atoms with Crippen molar-refractivity contribution < 1.29 is 9.47 Å². The fourth-order valence-corrected chi connectivity index (χ4v) is 2.72. The van der Waals surface area contributed by atoms with E-state index in [2.05, 4.69) is 12.1 Å². The number of benzene rings is 1. The molecule has 1 aliphatic heterocycles. The molecule has 1 aromatic rings. The normalized spacial score (nSPS) is 33.3. The topological polar surface area (TPSA) is 21.8 Å². The Morgan fingerprint density at radius 3 is 2.73 bits per heavy atom. The summed E-state index contributed by atoms with van der Waals surface area (Å²) in [7, 11) is 1.70. The van der Waals surface area contributed by atoms with E-state index in [1.54, 1.807) is 7.11 Å². The van der Waals surface area contributed by atoms with E-state index in [4.69, 9.17) is 9.47 Å². The molecule has 1 heterocycles. The molecule has 0 aromatic heterocycles. The molecule has 0 bridgehead atoms. The van der Waals surface area contributed by atoms with Gasteiger partial charge < -0.3 is 9.47 Å². The highest BCUT2D eigenvalue weighted by molar-refractivity contribution is 5.35. The molecule has 0 radical (unpaired) electrons. The van der Waals surface area contributed by atoms with Crippen LogP contribution < -0.4 is 4.74 Å². The molecule has 0 spiro atoms. The van der Waals surface area contributed by atoms with E-state index in [1.807, 2.05) is 12.1 Å². The average Bonchev–Trinajstić information content (AvgIpc) is 3.05. The molecule has 80 valence electrons. The smallest absolute Gasteiger partial charge is 0.120 e. The van der Waals surface area contributed by atoms with Crippen LogP contribution in [0.5, 0.6) is 5.75 Å². The zero-order chi connectivity index (χ0) is 10.3. The van der Waals surface area contributed by atoms with Gasteiger partial charge in [0.2, 0.25) is 0 Å². The van der Waals surface area contributed by atoms with Crippen LogP contribution in [-0.2, 0) is 10.3 Å². The molecule has 2 heteroatoms. The Morgan fingerprint density at radius 1 is 1.27 bits per heavy atom. The van der Waals surface area contributed by atoms with Gasteiger partial charge in [0.25, 0.3) is 0 Å². The number of hydrogen-bond acceptors (Lipinski definition) is 2. The number of hydrogen-bond donors (Lipinski definition) is 0. The van der Waals surface area contributed by atoms with Crippen LogP contribution in [0.3, 0.4) is 0 Å². The van der Waals surface area contributed by atoms with Crippen molar-refractivity contribution in [3.05, 3.63) is 29.8 Å². The first kappa shape index (κ1) is 9.22. The lowest BCUT2D eigenvalue weighted by molar-refractivity contribution is 0.289. The minimum Gasteiger partial charge on any atom is -0.497 e. The fraction of sp³-hybridized carbons (Fsp3) is 0.538. The zero-order valence-corrected chi connectivity index (χ0v) is 9.03. The van der Waals surface area contributed by atoms with Crippen molar-refractivity contribution in [3.63, 3.8) is 0 Å². The molecule has 2 nitrogen and oxygen atoms in total. The molecule has 1 aromatic carbocycles. The first-order valence-corrected chi connectivity index (χ1v) is 5.67. The fourth-order valence-electron chi connectivity index (χ4n) is 2.72. The highest BCUT2D eigenvalue weighted by Gasteiger charge is 2.58. The summed E-state index contributed by atoms with van der Waals surface area (Å²) in [4.78, 5) is 0. The number of rotatable bonds is 2. The average molecular weight is 204 g/mol. The van der Waals surface area contributed by atoms with E-state index in [0.29, 0.717) is 6.10 Å². The van der Waals surface area contributed by atoms with E-state index in [0.717, 1.165) is 5.75 Å². The molecule has 1 saturated carbocycles. The van der Waals surface area contributed by atoms with Crippen molar-refractivity contribution in [2.24, 2.45) is 0 Å². The summed E-state index contributed by atoms with van der Waals surface area (Å²) >= 11 is 0. The van der Waals surface area contributed by atoms with Crippen LogP contribution >= 0.6 is 0 Å². The van der Waals surface area contributed by atoms with Gasteiger partial charge in [0.1, 0.15) is 11.4 Å². The molecule has 15 heavy (non-hydrogen) atoms. The quantitative estimate of drug-likeness (QED) is 0.691. The standard InChI is InChI=1S/C13H16O2/c1-14-11-7-5-10(6-8-11)13-9-3-2-4-12(13)15-13/h5-8,12H,2-4,9H2,1H3/t12-,13-/m0/s1. The lowest BCUT2D eigenvalue weighted by Crippen LogP contribution is -2.16. The minimum atomic E-state index is 0.0739. The highest BCUT2D eigenvalue weighted by Crippen LogP contribution is 2.55. The second kappa shape index (κ2) is 3.24. The molecule has 1 saturated heterocycles. The van der Waals surface area contributed by atoms with Gasteiger partial charge in [0.15, 0.2) is 0 Å². The van der Waals surface area contributed by atoms with E-state index < -0.39 is 0 Å². The molecule has 3 rings (SSSR count). The van der Waals surface area contributed by atoms with Crippen molar-refractivity contribution >= 4 is 0 Å². The monoisotopic (exact) mass is 204 g/mol. The second-order valence-corrected chi connectivity index (χ2v) is 4.47. The Balaban J connectivity index is 1.87. The second-order valence-electron chi connectivity index (χ2n) is 4.47. The maximum atomic E-state index is 5.88. The van der Waals surface area contributed by atoms with Crippen LogP contribution in [0.1, 0.15) is 31.2 Å². The van der Waals surface area contributed by atoms with Crippen LogP contribution in [0.4, 0.5) is 0 Å². The summed E-state index contributed by atoms with van der Waals surface area (Å²) in [6.45, 7) is 0. The third-order valence-corrected chi connectivity index (χ3v) is 3.66. The van der Waals surface area contributed by atoms with Crippen molar-refractivity contribution in [3.8, 4) is 5.75 Å². The molecule has 0 unspecified atom stereocenters. The predicted molar refractivity (Wildman–Crippen MR) is 58.0 cm³/mol. The summed E-state index contributed by atoms with van der Waals surface area (Å²) in [5, 5.41) is 0. The lowest BCUT2D eigenvalue weighted by atomic mass is 9.84. The first-order valence-electron chi connectivity index (χ1n) is 5.67. The van der Waals surface area contributed by atoms with Gasteiger partial charge in [-0.15, -0.1) is 0 Å². The highest BCUT2D eigenvalue weighted by atomic mass is 16.6. The van der Waals surface area contributed by atoms with Gasteiger partial charge in [-0.25, -0.2) is 0 Å². The van der Waals surface area contributed by atoms with Crippen molar-refractivity contribution in [1.29, 1.82) is 0 Å². The Hall–Kier alpha value is -1.02. The van der Waals surface area contributed by atoms with Crippen LogP contribution in [0, 0.1) is 0 Å². The minimum absolute atomic E-state index is 0.0739. The number of fused-ring (bicyclic) bond motifs is 1. The summed E-state index contributed by atoms with van der Waals surface area (Å²) in [5.41, 5.74) is 1.40. The molecule has 0 N–H and O–H groups in total. The Labute approximate surface area is 90.2 Å². The van der Waals surface area contributed by atoms with Gasteiger partial charge in [0.05, 0.1) is 13.2 Å². The van der Waals surface area contributed by atoms with E-state index in [9.17, 15) is 0 Å². The molecule has 2 atom stereocenters. The third-order valence-electron chi connectivity index (χ3n) is 3.66. The van der Waals surface area contributed by atoms with Gasteiger partial charge in [-0.05, 0) is 30.5 Å². The van der Waals surface area contributed by atoms with Gasteiger partial charge in [-0.2, -0.15) is 0 Å². The summed E-state index contributed by atoms with van der Waals surface area (Å²) in [5.74, 6) is 0.920. The van der Waals surface area contributed by atoms with Crippen LogP contribution in [0.25, 0.3) is 0 Å². The molecule has 0 amide bonds. The van der Waals surface area contributed by atoms with E-state index in [-0.39, 0.29) is 5.60 Å². The van der Waals surface area contributed by atoms with E-state index >= 15 is 0 Å².